The van der Waals surface area contributed by atoms with E-state index < -0.39 is 0 Å². The lowest BCUT2D eigenvalue weighted by atomic mass is 9.98. The van der Waals surface area contributed by atoms with Crippen molar-refractivity contribution in [1.29, 1.82) is 5.26 Å². The van der Waals surface area contributed by atoms with Crippen molar-refractivity contribution in [3.63, 3.8) is 0 Å². The highest BCUT2D eigenvalue weighted by atomic mass is 32.1. The molecule has 1 saturated heterocycles. The second kappa shape index (κ2) is 5.31. The van der Waals surface area contributed by atoms with Crippen molar-refractivity contribution >= 4 is 12.6 Å². The SMILES string of the molecule is C=C(CS)CN1CCC(C#N)CC1. The molecule has 1 heterocycles. The van der Waals surface area contributed by atoms with E-state index in [0.29, 0.717) is 0 Å². The van der Waals surface area contributed by atoms with Gasteiger partial charge in [0.15, 0.2) is 0 Å². The molecule has 2 nitrogen and oxygen atoms in total. The van der Waals surface area contributed by atoms with Crippen molar-refractivity contribution in [2.24, 2.45) is 5.92 Å². The van der Waals surface area contributed by atoms with Gasteiger partial charge in [0.05, 0.1) is 6.07 Å². The summed E-state index contributed by atoms with van der Waals surface area (Å²) in [6.45, 7) is 6.94. The number of piperidine rings is 1. The van der Waals surface area contributed by atoms with Gasteiger partial charge in [-0.1, -0.05) is 12.2 Å². The molecule has 1 aliphatic heterocycles. The van der Waals surface area contributed by atoms with Gasteiger partial charge >= 0.3 is 0 Å². The average Bonchev–Trinajstić information content (AvgIpc) is 2.19. The van der Waals surface area contributed by atoms with E-state index in [1.807, 2.05) is 0 Å². The first-order valence-electron chi connectivity index (χ1n) is 4.65. The summed E-state index contributed by atoms with van der Waals surface area (Å²) >= 11 is 4.17. The molecule has 0 radical (unpaired) electrons. The molecule has 1 rings (SSSR count). The first-order chi connectivity index (χ1) is 6.26. The van der Waals surface area contributed by atoms with Crippen LogP contribution < -0.4 is 0 Å². The van der Waals surface area contributed by atoms with E-state index in [-0.39, 0.29) is 5.92 Å². The van der Waals surface area contributed by atoms with E-state index in [2.05, 4.69) is 30.2 Å². The van der Waals surface area contributed by atoms with Crippen LogP contribution in [0.2, 0.25) is 0 Å². The minimum atomic E-state index is 0.278. The average molecular weight is 196 g/mol. The van der Waals surface area contributed by atoms with Gasteiger partial charge < -0.3 is 0 Å². The Bertz CT molecular complexity index is 211. The van der Waals surface area contributed by atoms with Gasteiger partial charge in [-0.05, 0) is 25.9 Å². The number of thiol groups is 1. The molecule has 0 aromatic carbocycles. The summed E-state index contributed by atoms with van der Waals surface area (Å²) < 4.78 is 0. The van der Waals surface area contributed by atoms with Crippen LogP contribution in [0.4, 0.5) is 0 Å². The van der Waals surface area contributed by atoms with Crippen molar-refractivity contribution in [3.8, 4) is 6.07 Å². The summed E-state index contributed by atoms with van der Waals surface area (Å²) in [6, 6.07) is 2.33. The van der Waals surface area contributed by atoms with Crippen molar-refractivity contribution < 1.29 is 0 Å². The summed E-state index contributed by atoms with van der Waals surface area (Å²) in [5.41, 5.74) is 1.17. The van der Waals surface area contributed by atoms with Gasteiger partial charge in [-0.3, -0.25) is 4.90 Å². The number of nitrogens with zero attached hydrogens (tertiary/aromatic N) is 2. The van der Waals surface area contributed by atoms with Crippen LogP contribution >= 0.6 is 12.6 Å². The predicted octanol–water partition coefficient (Wildman–Crippen LogP) is 1.71. The normalized spacial score (nSPS) is 19.7. The van der Waals surface area contributed by atoms with Gasteiger partial charge in [-0.25, -0.2) is 0 Å². The van der Waals surface area contributed by atoms with Crippen molar-refractivity contribution in [1.82, 2.24) is 4.90 Å². The van der Waals surface area contributed by atoms with Crippen molar-refractivity contribution in [2.75, 3.05) is 25.4 Å². The molecule has 1 fully saturated rings. The molecule has 72 valence electrons. The molecule has 1 aliphatic rings. The molecule has 13 heavy (non-hydrogen) atoms. The van der Waals surface area contributed by atoms with Crippen LogP contribution in [-0.2, 0) is 0 Å². The van der Waals surface area contributed by atoms with Crippen LogP contribution in [0.1, 0.15) is 12.8 Å². The quantitative estimate of drug-likeness (QED) is 0.549. The van der Waals surface area contributed by atoms with Gasteiger partial charge in [0, 0.05) is 18.2 Å². The smallest absolute Gasteiger partial charge is 0.0656 e. The van der Waals surface area contributed by atoms with E-state index >= 15 is 0 Å². The Morgan fingerprint density at radius 1 is 1.54 bits per heavy atom. The summed E-state index contributed by atoms with van der Waals surface area (Å²) in [5, 5.41) is 8.71. The summed E-state index contributed by atoms with van der Waals surface area (Å²) in [7, 11) is 0. The Morgan fingerprint density at radius 2 is 2.15 bits per heavy atom. The Labute approximate surface area is 85.6 Å². The maximum Gasteiger partial charge on any atom is 0.0656 e. The zero-order chi connectivity index (χ0) is 9.68. The van der Waals surface area contributed by atoms with Crippen LogP contribution in [0.5, 0.6) is 0 Å². The van der Waals surface area contributed by atoms with Crippen LogP contribution in [0.15, 0.2) is 12.2 Å². The van der Waals surface area contributed by atoms with Crippen molar-refractivity contribution in [2.45, 2.75) is 12.8 Å². The van der Waals surface area contributed by atoms with E-state index in [9.17, 15) is 0 Å². The monoisotopic (exact) mass is 196 g/mol. The second-order valence-corrected chi connectivity index (χ2v) is 3.90. The number of nitriles is 1. The topological polar surface area (TPSA) is 27.0 Å². The fourth-order valence-electron chi connectivity index (χ4n) is 1.59. The van der Waals surface area contributed by atoms with E-state index in [1.165, 1.54) is 5.57 Å². The van der Waals surface area contributed by atoms with Gasteiger partial charge in [0.2, 0.25) is 0 Å². The maximum absolute atomic E-state index is 8.71. The lowest BCUT2D eigenvalue weighted by Crippen LogP contribution is -2.34. The highest BCUT2D eigenvalue weighted by Crippen LogP contribution is 2.16. The van der Waals surface area contributed by atoms with Gasteiger partial charge in [-0.2, -0.15) is 17.9 Å². The lowest BCUT2D eigenvalue weighted by molar-refractivity contribution is 0.221. The molecule has 0 aliphatic carbocycles. The fourth-order valence-corrected chi connectivity index (χ4v) is 1.69. The molecule has 0 unspecified atom stereocenters. The second-order valence-electron chi connectivity index (χ2n) is 3.59. The number of hydrogen-bond donors (Lipinski definition) is 1. The first-order valence-corrected chi connectivity index (χ1v) is 5.29. The highest BCUT2D eigenvalue weighted by molar-refractivity contribution is 7.80. The van der Waals surface area contributed by atoms with Crippen LogP contribution in [-0.4, -0.2) is 30.3 Å². The highest BCUT2D eigenvalue weighted by Gasteiger charge is 2.18. The summed E-state index contributed by atoms with van der Waals surface area (Å²) in [6.07, 6.45) is 2.02. The van der Waals surface area contributed by atoms with Gasteiger partial charge in [-0.15, -0.1) is 0 Å². The van der Waals surface area contributed by atoms with Crippen LogP contribution in [0.25, 0.3) is 0 Å². The summed E-state index contributed by atoms with van der Waals surface area (Å²) in [5.74, 6) is 1.04. The minimum absolute atomic E-state index is 0.278. The van der Waals surface area contributed by atoms with E-state index in [0.717, 1.165) is 38.2 Å². The van der Waals surface area contributed by atoms with Gasteiger partial charge in [0.1, 0.15) is 0 Å². The number of rotatable bonds is 3. The molecule has 0 amide bonds. The Morgan fingerprint density at radius 3 is 2.62 bits per heavy atom. The molecule has 0 saturated carbocycles. The maximum atomic E-state index is 8.71. The molecule has 0 atom stereocenters. The minimum Gasteiger partial charge on any atom is -0.299 e. The zero-order valence-corrected chi connectivity index (χ0v) is 8.76. The van der Waals surface area contributed by atoms with Crippen LogP contribution in [0.3, 0.4) is 0 Å². The third-order valence-electron chi connectivity index (χ3n) is 2.44. The molecule has 0 aromatic rings. The molecular formula is C10H16N2S. The molecule has 0 bridgehead atoms. The Hall–Kier alpha value is -0.460. The largest absolute Gasteiger partial charge is 0.299 e. The Kier molecular flexibility index (Phi) is 4.34. The molecule has 0 aromatic heterocycles. The fraction of sp³-hybridized carbons (Fsp3) is 0.700. The van der Waals surface area contributed by atoms with Crippen LogP contribution in [0, 0.1) is 17.2 Å². The van der Waals surface area contributed by atoms with Crippen molar-refractivity contribution in [3.05, 3.63) is 12.2 Å². The molecule has 0 spiro atoms. The summed E-state index contributed by atoms with van der Waals surface area (Å²) in [4.78, 5) is 2.35. The molecule has 3 heteroatoms. The Balaban J connectivity index is 2.26. The van der Waals surface area contributed by atoms with Gasteiger partial charge in [0.25, 0.3) is 0 Å². The number of likely N-dealkylation sites (tertiary alicyclic amines) is 1. The first kappa shape index (κ1) is 10.6. The third kappa shape index (κ3) is 3.41. The van der Waals surface area contributed by atoms with E-state index in [4.69, 9.17) is 5.26 Å². The molecular weight excluding hydrogens is 180 g/mol. The number of hydrogen-bond acceptors (Lipinski definition) is 3. The predicted molar refractivity (Wildman–Crippen MR) is 57.8 cm³/mol. The zero-order valence-electron chi connectivity index (χ0n) is 7.87. The third-order valence-corrected chi connectivity index (χ3v) is 2.89. The standard InChI is InChI=1S/C10H16N2S/c1-9(8-13)7-12-4-2-10(6-11)3-5-12/h10,13H,1-5,7-8H2. The molecule has 0 N–H and O–H groups in total. The lowest BCUT2D eigenvalue weighted by Gasteiger charge is -2.29. The van der Waals surface area contributed by atoms with E-state index in [1.54, 1.807) is 0 Å².